The summed E-state index contributed by atoms with van der Waals surface area (Å²) in [6, 6.07) is 14.1. The molecule has 0 aliphatic heterocycles. The van der Waals surface area contributed by atoms with Crippen molar-refractivity contribution in [3.63, 3.8) is 0 Å². The molecule has 6 N–H and O–H groups in total. The number of nitrogens with two attached hydrogens (primary N) is 1. The number of amides is 1. The molecule has 0 saturated carbocycles. The van der Waals surface area contributed by atoms with Crippen LogP contribution in [0.5, 0.6) is 0 Å². The number of nitrogens with one attached hydrogen (secondary N) is 1. The first-order valence-corrected chi connectivity index (χ1v) is 8.23. The van der Waals surface area contributed by atoms with E-state index in [4.69, 9.17) is 5.73 Å². The summed E-state index contributed by atoms with van der Waals surface area (Å²) >= 11 is 1.25. The predicted octanol–water partition coefficient (Wildman–Crippen LogP) is 1.67. The fraction of sp³-hybridized carbons (Fsp3) is 0.353. The number of hydrogen-bond donors (Lipinski definition) is 3. The van der Waals surface area contributed by atoms with E-state index in [0.29, 0.717) is 17.5 Å². The summed E-state index contributed by atoms with van der Waals surface area (Å²) in [5.41, 5.74) is 6.54. The van der Waals surface area contributed by atoms with Crippen LogP contribution >= 0.6 is 11.3 Å². The number of benzene rings is 1. The van der Waals surface area contributed by atoms with E-state index in [-0.39, 0.29) is 5.48 Å². The van der Waals surface area contributed by atoms with Gasteiger partial charge in [-0.05, 0) is 37.5 Å². The lowest BCUT2D eigenvalue weighted by Crippen LogP contribution is -2.30. The molecule has 0 fully saturated rings. The molecule has 2 rings (SSSR count). The molecule has 2 unspecified atom stereocenters. The SMILES string of the molecule is CC(CCc1ccccc1)NCC(O)c1ccc(C(N)=O)s1.O. The molecular weight excluding hydrogens is 312 g/mol. The Bertz CT molecular complexity index is 601. The van der Waals surface area contributed by atoms with Crippen molar-refractivity contribution < 1.29 is 15.4 Å². The number of rotatable bonds is 8. The maximum absolute atomic E-state index is 11.1. The van der Waals surface area contributed by atoms with E-state index < -0.39 is 12.0 Å². The van der Waals surface area contributed by atoms with Gasteiger partial charge in [0.25, 0.3) is 5.91 Å². The molecule has 2 aromatic rings. The molecule has 1 aromatic carbocycles. The van der Waals surface area contributed by atoms with E-state index in [0.717, 1.165) is 17.7 Å². The maximum Gasteiger partial charge on any atom is 0.258 e. The molecule has 1 amide bonds. The van der Waals surface area contributed by atoms with E-state index in [2.05, 4.69) is 24.4 Å². The Labute approximate surface area is 140 Å². The Balaban J connectivity index is 0.00000264. The van der Waals surface area contributed by atoms with Crippen LogP contribution < -0.4 is 11.1 Å². The smallest absolute Gasteiger partial charge is 0.258 e. The molecule has 0 saturated heterocycles. The first-order chi connectivity index (χ1) is 10.6. The number of aryl methyl sites for hydroxylation is 1. The van der Waals surface area contributed by atoms with Crippen LogP contribution in [-0.4, -0.2) is 29.1 Å². The lowest BCUT2D eigenvalue weighted by Gasteiger charge is -2.16. The van der Waals surface area contributed by atoms with Crippen molar-refractivity contribution in [3.8, 4) is 0 Å². The van der Waals surface area contributed by atoms with Gasteiger partial charge in [0.2, 0.25) is 0 Å². The van der Waals surface area contributed by atoms with Gasteiger partial charge in [-0.2, -0.15) is 0 Å². The molecule has 0 aliphatic carbocycles. The van der Waals surface area contributed by atoms with Crippen LogP contribution in [0.2, 0.25) is 0 Å². The summed E-state index contributed by atoms with van der Waals surface area (Å²) in [6.07, 6.45) is 1.40. The van der Waals surface area contributed by atoms with Crippen LogP contribution in [0.25, 0.3) is 0 Å². The van der Waals surface area contributed by atoms with E-state index in [1.807, 2.05) is 18.2 Å². The van der Waals surface area contributed by atoms with Gasteiger partial charge in [-0.1, -0.05) is 30.3 Å². The molecule has 0 bridgehead atoms. The molecule has 6 heteroatoms. The number of carbonyl (C=O) groups is 1. The van der Waals surface area contributed by atoms with Crippen molar-refractivity contribution in [2.24, 2.45) is 5.73 Å². The summed E-state index contributed by atoms with van der Waals surface area (Å²) < 4.78 is 0. The zero-order valence-corrected chi connectivity index (χ0v) is 14.0. The predicted molar refractivity (Wildman–Crippen MR) is 93.6 cm³/mol. The van der Waals surface area contributed by atoms with Crippen molar-refractivity contribution in [1.29, 1.82) is 0 Å². The molecule has 0 radical (unpaired) electrons. The lowest BCUT2D eigenvalue weighted by molar-refractivity contribution is 0.100. The average molecular weight is 336 g/mol. The highest BCUT2D eigenvalue weighted by atomic mass is 32.1. The van der Waals surface area contributed by atoms with Crippen LogP contribution in [-0.2, 0) is 6.42 Å². The maximum atomic E-state index is 11.1. The molecule has 5 nitrogen and oxygen atoms in total. The normalized spacial score (nSPS) is 13.1. The van der Waals surface area contributed by atoms with Crippen LogP contribution in [0.15, 0.2) is 42.5 Å². The first-order valence-electron chi connectivity index (χ1n) is 7.41. The lowest BCUT2D eigenvalue weighted by atomic mass is 10.1. The summed E-state index contributed by atoms with van der Waals surface area (Å²) in [5.74, 6) is -0.451. The number of hydrogen-bond acceptors (Lipinski definition) is 4. The molecule has 2 atom stereocenters. The van der Waals surface area contributed by atoms with Crippen LogP contribution in [0.4, 0.5) is 0 Å². The Morgan fingerprint density at radius 1 is 1.26 bits per heavy atom. The minimum Gasteiger partial charge on any atom is -0.412 e. The van der Waals surface area contributed by atoms with Crippen LogP contribution in [0, 0.1) is 0 Å². The van der Waals surface area contributed by atoms with E-state index in [9.17, 15) is 9.90 Å². The highest BCUT2D eigenvalue weighted by molar-refractivity contribution is 7.14. The molecule has 126 valence electrons. The average Bonchev–Trinajstić information content (AvgIpc) is 3.02. The van der Waals surface area contributed by atoms with Gasteiger partial charge < -0.3 is 21.6 Å². The van der Waals surface area contributed by atoms with E-state index in [1.165, 1.54) is 16.9 Å². The van der Waals surface area contributed by atoms with Crippen molar-refractivity contribution in [2.45, 2.75) is 31.9 Å². The zero-order valence-electron chi connectivity index (χ0n) is 13.2. The first kappa shape index (κ1) is 19.3. The fourth-order valence-electron chi connectivity index (χ4n) is 2.21. The van der Waals surface area contributed by atoms with Crippen LogP contribution in [0.3, 0.4) is 0 Å². The van der Waals surface area contributed by atoms with Gasteiger partial charge in [-0.3, -0.25) is 4.79 Å². The summed E-state index contributed by atoms with van der Waals surface area (Å²) in [7, 11) is 0. The minimum absolute atomic E-state index is 0. The van der Waals surface area contributed by atoms with Crippen LogP contribution in [0.1, 0.15) is 39.6 Å². The monoisotopic (exact) mass is 336 g/mol. The standard InChI is InChI=1S/C17H22N2O2S.H2O/c1-12(7-8-13-5-3-2-4-6-13)19-11-14(20)15-9-10-16(22-15)17(18)21;/h2-6,9-10,12,14,19-20H,7-8,11H2,1H3,(H2,18,21);1H2. The van der Waals surface area contributed by atoms with E-state index >= 15 is 0 Å². The number of thiophene rings is 1. The van der Waals surface area contributed by atoms with Gasteiger partial charge in [0.15, 0.2) is 0 Å². The highest BCUT2D eigenvalue weighted by Crippen LogP contribution is 2.22. The van der Waals surface area contributed by atoms with Crippen molar-refractivity contribution in [2.75, 3.05) is 6.54 Å². The van der Waals surface area contributed by atoms with Gasteiger partial charge in [-0.15, -0.1) is 11.3 Å². The van der Waals surface area contributed by atoms with Gasteiger partial charge in [0.1, 0.15) is 6.10 Å². The molecule has 23 heavy (non-hydrogen) atoms. The third-order valence-electron chi connectivity index (χ3n) is 3.57. The molecular formula is C17H24N2O3S. The highest BCUT2D eigenvalue weighted by Gasteiger charge is 2.13. The second-order valence-electron chi connectivity index (χ2n) is 5.42. The third kappa shape index (κ3) is 6.11. The molecule has 0 aliphatic rings. The van der Waals surface area contributed by atoms with E-state index in [1.54, 1.807) is 12.1 Å². The topological polar surface area (TPSA) is 107 Å². The zero-order chi connectivity index (χ0) is 15.9. The summed E-state index contributed by atoms with van der Waals surface area (Å²) in [4.78, 5) is 12.3. The number of aliphatic hydroxyl groups is 1. The Morgan fingerprint density at radius 3 is 2.57 bits per heavy atom. The van der Waals surface area contributed by atoms with Crippen molar-refractivity contribution in [1.82, 2.24) is 5.32 Å². The van der Waals surface area contributed by atoms with Gasteiger partial charge >= 0.3 is 0 Å². The van der Waals surface area contributed by atoms with Gasteiger partial charge in [0, 0.05) is 17.5 Å². The number of carbonyl (C=O) groups excluding carboxylic acids is 1. The second kappa shape index (κ2) is 9.42. The quantitative estimate of drug-likeness (QED) is 0.682. The fourth-order valence-corrected chi connectivity index (χ4v) is 3.05. The third-order valence-corrected chi connectivity index (χ3v) is 4.77. The largest absolute Gasteiger partial charge is 0.412 e. The number of aliphatic hydroxyl groups excluding tert-OH is 1. The Kier molecular flexibility index (Phi) is 7.91. The minimum atomic E-state index is -0.614. The van der Waals surface area contributed by atoms with Gasteiger partial charge in [-0.25, -0.2) is 0 Å². The number of primary amides is 1. The van der Waals surface area contributed by atoms with Gasteiger partial charge in [0.05, 0.1) is 4.88 Å². The summed E-state index contributed by atoms with van der Waals surface area (Å²) in [6.45, 7) is 2.58. The molecule has 0 spiro atoms. The van der Waals surface area contributed by atoms with Crippen molar-refractivity contribution in [3.05, 3.63) is 57.8 Å². The Morgan fingerprint density at radius 2 is 1.96 bits per heavy atom. The van der Waals surface area contributed by atoms with Crippen molar-refractivity contribution >= 4 is 17.2 Å². The summed E-state index contributed by atoms with van der Waals surface area (Å²) in [5, 5.41) is 13.5. The second-order valence-corrected chi connectivity index (χ2v) is 6.53. The Hall–Kier alpha value is -1.73. The molecule has 1 aromatic heterocycles. The molecule has 1 heterocycles.